The van der Waals surface area contributed by atoms with Crippen molar-refractivity contribution in [3.05, 3.63) is 24.0 Å². The molecule has 2 rings (SSSR count). The molecule has 1 saturated carbocycles. The summed E-state index contributed by atoms with van der Waals surface area (Å²) < 4.78 is 0. The first kappa shape index (κ1) is 6.88. The topological polar surface area (TPSA) is 62.0 Å². The van der Waals surface area contributed by atoms with E-state index in [-0.39, 0.29) is 11.6 Å². The molecule has 60 valence electrons. The summed E-state index contributed by atoms with van der Waals surface area (Å²) in [6, 6.07) is 3.89. The average molecular weight is 152 g/mol. The minimum Gasteiger partial charge on any atom is -0.393 e. The summed E-state index contributed by atoms with van der Waals surface area (Å²) in [5.41, 5.74) is 6.71. The molecule has 1 fully saturated rings. The predicted molar refractivity (Wildman–Crippen MR) is 41.9 cm³/mol. The number of nitrogens with one attached hydrogen (secondary N) is 1. The first-order chi connectivity index (χ1) is 5.21. The molecule has 11 heavy (non-hydrogen) atoms. The summed E-state index contributed by atoms with van der Waals surface area (Å²) >= 11 is 0. The minimum atomic E-state index is -0.289. The van der Waals surface area contributed by atoms with Crippen molar-refractivity contribution in [2.45, 2.75) is 24.5 Å². The first-order valence-corrected chi connectivity index (χ1v) is 3.81. The van der Waals surface area contributed by atoms with Crippen molar-refractivity contribution < 1.29 is 5.11 Å². The smallest absolute Gasteiger partial charge is 0.0610 e. The maximum atomic E-state index is 9.09. The molecule has 3 nitrogen and oxygen atoms in total. The van der Waals surface area contributed by atoms with Crippen LogP contribution in [-0.2, 0) is 5.54 Å². The molecule has 3 heteroatoms. The molecule has 0 atom stereocenters. The molecular formula is C8H12N2O. The summed E-state index contributed by atoms with van der Waals surface area (Å²) in [5.74, 6) is 0. The average Bonchev–Trinajstić information content (AvgIpc) is 2.34. The lowest BCUT2D eigenvalue weighted by atomic mass is 9.73. The zero-order chi connectivity index (χ0) is 7.90. The molecule has 0 amide bonds. The Balaban J connectivity index is 2.18. The Labute approximate surface area is 65.2 Å². The molecule has 0 unspecified atom stereocenters. The van der Waals surface area contributed by atoms with Crippen LogP contribution >= 0.6 is 0 Å². The molecule has 1 aliphatic rings. The first-order valence-electron chi connectivity index (χ1n) is 3.81. The van der Waals surface area contributed by atoms with E-state index in [0.29, 0.717) is 12.8 Å². The van der Waals surface area contributed by atoms with Gasteiger partial charge in [0.25, 0.3) is 0 Å². The number of aliphatic hydroxyl groups is 1. The van der Waals surface area contributed by atoms with Gasteiger partial charge in [-0.2, -0.15) is 0 Å². The summed E-state index contributed by atoms with van der Waals surface area (Å²) in [7, 11) is 0. The molecular weight excluding hydrogens is 140 g/mol. The lowest BCUT2D eigenvalue weighted by molar-refractivity contribution is 0.0191. The van der Waals surface area contributed by atoms with Gasteiger partial charge in [0.15, 0.2) is 0 Å². The van der Waals surface area contributed by atoms with Crippen molar-refractivity contribution in [3.63, 3.8) is 0 Å². The van der Waals surface area contributed by atoms with E-state index >= 15 is 0 Å². The van der Waals surface area contributed by atoms with Gasteiger partial charge in [0.1, 0.15) is 0 Å². The highest BCUT2D eigenvalue weighted by molar-refractivity contribution is 5.20. The number of hydrogen-bond acceptors (Lipinski definition) is 2. The lowest BCUT2D eigenvalue weighted by Gasteiger charge is -2.41. The monoisotopic (exact) mass is 152 g/mol. The lowest BCUT2D eigenvalue weighted by Crippen LogP contribution is -2.51. The molecule has 4 N–H and O–H groups in total. The highest BCUT2D eigenvalue weighted by atomic mass is 16.3. The molecule has 1 heterocycles. The Kier molecular flexibility index (Phi) is 1.31. The molecule has 1 aromatic rings. The molecule has 0 saturated heterocycles. The summed E-state index contributed by atoms with van der Waals surface area (Å²) in [4.78, 5) is 3.06. The third kappa shape index (κ3) is 0.968. The van der Waals surface area contributed by atoms with Crippen LogP contribution in [0.2, 0.25) is 0 Å². The van der Waals surface area contributed by atoms with E-state index in [1.54, 1.807) is 0 Å². The Morgan fingerprint density at radius 2 is 2.36 bits per heavy atom. The molecule has 0 bridgehead atoms. The number of aromatic amines is 1. The van der Waals surface area contributed by atoms with E-state index < -0.39 is 0 Å². The summed E-state index contributed by atoms with van der Waals surface area (Å²) in [6.45, 7) is 0. The van der Waals surface area contributed by atoms with E-state index in [4.69, 9.17) is 10.8 Å². The molecule has 0 spiro atoms. The third-order valence-electron chi connectivity index (χ3n) is 2.33. The maximum absolute atomic E-state index is 9.09. The zero-order valence-corrected chi connectivity index (χ0v) is 6.25. The zero-order valence-electron chi connectivity index (χ0n) is 6.25. The van der Waals surface area contributed by atoms with E-state index in [0.717, 1.165) is 5.69 Å². The fourth-order valence-corrected chi connectivity index (χ4v) is 1.64. The van der Waals surface area contributed by atoms with Crippen molar-refractivity contribution >= 4 is 0 Å². The van der Waals surface area contributed by atoms with E-state index in [1.165, 1.54) is 0 Å². The van der Waals surface area contributed by atoms with Crippen LogP contribution < -0.4 is 5.73 Å². The van der Waals surface area contributed by atoms with Gasteiger partial charge in [-0.25, -0.2) is 0 Å². The van der Waals surface area contributed by atoms with Gasteiger partial charge in [-0.1, -0.05) is 0 Å². The van der Waals surface area contributed by atoms with E-state index in [1.807, 2.05) is 18.3 Å². The molecule has 0 aliphatic heterocycles. The SMILES string of the molecule is NC1(c2ccc[nH]2)CC(O)C1. The largest absolute Gasteiger partial charge is 0.393 e. The highest BCUT2D eigenvalue weighted by Crippen LogP contribution is 2.37. The summed E-state index contributed by atoms with van der Waals surface area (Å²) in [6.07, 6.45) is 3.00. The third-order valence-corrected chi connectivity index (χ3v) is 2.33. The van der Waals surface area contributed by atoms with Gasteiger partial charge < -0.3 is 15.8 Å². The van der Waals surface area contributed by atoms with Gasteiger partial charge in [0.05, 0.1) is 11.6 Å². The van der Waals surface area contributed by atoms with Crippen molar-refractivity contribution in [3.8, 4) is 0 Å². The fourth-order valence-electron chi connectivity index (χ4n) is 1.64. The Hall–Kier alpha value is -0.800. The Morgan fingerprint density at radius 3 is 2.82 bits per heavy atom. The predicted octanol–water partition coefficient (Wildman–Crippen LogP) is 0.323. The second-order valence-electron chi connectivity index (χ2n) is 3.30. The standard InChI is InChI=1S/C8H12N2O/c9-8(4-6(11)5-8)7-2-1-3-10-7/h1-3,6,10-11H,4-5,9H2. The second-order valence-corrected chi connectivity index (χ2v) is 3.30. The van der Waals surface area contributed by atoms with Crippen molar-refractivity contribution in [2.75, 3.05) is 0 Å². The number of hydrogen-bond donors (Lipinski definition) is 3. The maximum Gasteiger partial charge on any atom is 0.0610 e. The number of rotatable bonds is 1. The van der Waals surface area contributed by atoms with Crippen molar-refractivity contribution in [1.82, 2.24) is 4.98 Å². The quantitative estimate of drug-likeness (QED) is 0.542. The van der Waals surface area contributed by atoms with Crippen LogP contribution in [0.3, 0.4) is 0 Å². The van der Waals surface area contributed by atoms with Crippen LogP contribution in [0.25, 0.3) is 0 Å². The van der Waals surface area contributed by atoms with Crippen LogP contribution in [0.15, 0.2) is 18.3 Å². The number of nitrogens with two attached hydrogens (primary N) is 1. The fraction of sp³-hybridized carbons (Fsp3) is 0.500. The van der Waals surface area contributed by atoms with Crippen LogP contribution in [0, 0.1) is 0 Å². The van der Waals surface area contributed by atoms with Gasteiger partial charge in [-0.05, 0) is 25.0 Å². The van der Waals surface area contributed by atoms with E-state index in [9.17, 15) is 0 Å². The van der Waals surface area contributed by atoms with Crippen LogP contribution in [0.5, 0.6) is 0 Å². The van der Waals surface area contributed by atoms with E-state index in [2.05, 4.69) is 4.98 Å². The minimum absolute atomic E-state index is 0.205. The normalized spacial score (nSPS) is 36.7. The van der Waals surface area contributed by atoms with Crippen LogP contribution in [0.1, 0.15) is 18.5 Å². The number of aliphatic hydroxyl groups excluding tert-OH is 1. The second kappa shape index (κ2) is 2.09. The van der Waals surface area contributed by atoms with Gasteiger partial charge >= 0.3 is 0 Å². The molecule has 1 aliphatic carbocycles. The van der Waals surface area contributed by atoms with Gasteiger partial charge in [0.2, 0.25) is 0 Å². The van der Waals surface area contributed by atoms with Crippen molar-refractivity contribution in [1.29, 1.82) is 0 Å². The van der Waals surface area contributed by atoms with Crippen molar-refractivity contribution in [2.24, 2.45) is 5.73 Å². The molecule has 0 aromatic carbocycles. The number of H-pyrrole nitrogens is 1. The molecule has 1 aromatic heterocycles. The van der Waals surface area contributed by atoms with Crippen LogP contribution in [-0.4, -0.2) is 16.2 Å². The van der Waals surface area contributed by atoms with Crippen LogP contribution in [0.4, 0.5) is 0 Å². The Morgan fingerprint density at radius 1 is 1.64 bits per heavy atom. The highest BCUT2D eigenvalue weighted by Gasteiger charge is 2.41. The van der Waals surface area contributed by atoms with Gasteiger partial charge in [-0.3, -0.25) is 0 Å². The summed E-state index contributed by atoms with van der Waals surface area (Å²) in [5, 5.41) is 9.09. The van der Waals surface area contributed by atoms with Gasteiger partial charge in [0, 0.05) is 11.9 Å². The number of aromatic nitrogens is 1. The molecule has 0 radical (unpaired) electrons. The Bertz CT molecular complexity index is 237. The van der Waals surface area contributed by atoms with Gasteiger partial charge in [-0.15, -0.1) is 0 Å².